The lowest BCUT2D eigenvalue weighted by Crippen LogP contribution is -2.25. The Kier molecular flexibility index (Phi) is 3.93. The van der Waals surface area contributed by atoms with E-state index in [1.165, 1.54) is 0 Å². The van der Waals surface area contributed by atoms with E-state index in [0.29, 0.717) is 17.9 Å². The van der Waals surface area contributed by atoms with E-state index in [1.807, 2.05) is 6.92 Å². The first-order chi connectivity index (χ1) is 6.62. The number of aliphatic hydroxyl groups excluding tert-OH is 1. The standard InChI is InChI=1S/C11H15ClO2/c1-2-11(14,7-8-13)9-3-5-10(12)6-4-9/h3-6,13-14H,2,7-8H2,1H3. The molecule has 0 aromatic heterocycles. The number of aliphatic hydroxyl groups is 2. The molecule has 0 heterocycles. The van der Waals surface area contributed by atoms with Crippen molar-refractivity contribution in [2.24, 2.45) is 0 Å². The fourth-order valence-electron chi connectivity index (χ4n) is 1.47. The second-order valence-corrected chi connectivity index (χ2v) is 3.80. The van der Waals surface area contributed by atoms with Crippen molar-refractivity contribution in [3.8, 4) is 0 Å². The molecule has 0 saturated heterocycles. The molecule has 78 valence electrons. The fourth-order valence-corrected chi connectivity index (χ4v) is 1.60. The van der Waals surface area contributed by atoms with Crippen molar-refractivity contribution in [2.75, 3.05) is 6.61 Å². The highest BCUT2D eigenvalue weighted by atomic mass is 35.5. The van der Waals surface area contributed by atoms with Crippen LogP contribution in [0.1, 0.15) is 25.3 Å². The molecule has 0 amide bonds. The van der Waals surface area contributed by atoms with Gasteiger partial charge in [0.15, 0.2) is 0 Å². The molecule has 0 fully saturated rings. The largest absolute Gasteiger partial charge is 0.396 e. The molecule has 0 aliphatic carbocycles. The molecule has 1 unspecified atom stereocenters. The summed E-state index contributed by atoms with van der Waals surface area (Å²) in [6.07, 6.45) is 0.931. The van der Waals surface area contributed by atoms with Crippen LogP contribution < -0.4 is 0 Å². The SMILES string of the molecule is CCC(O)(CCO)c1ccc(Cl)cc1. The highest BCUT2D eigenvalue weighted by Crippen LogP contribution is 2.29. The van der Waals surface area contributed by atoms with Gasteiger partial charge in [-0.05, 0) is 24.1 Å². The predicted octanol–water partition coefficient (Wildman–Crippen LogP) is 2.32. The highest BCUT2D eigenvalue weighted by molar-refractivity contribution is 6.30. The smallest absolute Gasteiger partial charge is 0.0915 e. The Hall–Kier alpha value is -0.570. The molecular weight excluding hydrogens is 200 g/mol. The molecule has 0 bridgehead atoms. The van der Waals surface area contributed by atoms with Crippen LogP contribution >= 0.6 is 11.6 Å². The van der Waals surface area contributed by atoms with Crippen LogP contribution in [0.2, 0.25) is 5.02 Å². The van der Waals surface area contributed by atoms with Gasteiger partial charge in [0.1, 0.15) is 0 Å². The minimum Gasteiger partial charge on any atom is -0.396 e. The van der Waals surface area contributed by atoms with Gasteiger partial charge >= 0.3 is 0 Å². The Morgan fingerprint density at radius 1 is 1.29 bits per heavy atom. The molecule has 0 radical (unpaired) electrons. The van der Waals surface area contributed by atoms with Crippen LogP contribution in [0, 0.1) is 0 Å². The molecule has 1 atom stereocenters. The lowest BCUT2D eigenvalue weighted by Gasteiger charge is -2.26. The zero-order chi connectivity index (χ0) is 10.6. The molecular formula is C11H15ClO2. The van der Waals surface area contributed by atoms with Crippen molar-refractivity contribution >= 4 is 11.6 Å². The lowest BCUT2D eigenvalue weighted by molar-refractivity contribution is 0.00779. The van der Waals surface area contributed by atoms with E-state index in [4.69, 9.17) is 16.7 Å². The Balaban J connectivity index is 2.94. The minimum absolute atomic E-state index is 0.0209. The molecule has 1 aromatic carbocycles. The van der Waals surface area contributed by atoms with E-state index in [9.17, 15) is 5.11 Å². The molecule has 0 spiro atoms. The van der Waals surface area contributed by atoms with Gasteiger partial charge in [0.2, 0.25) is 0 Å². The van der Waals surface area contributed by atoms with Crippen LogP contribution in [-0.4, -0.2) is 16.8 Å². The van der Waals surface area contributed by atoms with Crippen molar-refractivity contribution in [3.05, 3.63) is 34.9 Å². The first-order valence-electron chi connectivity index (χ1n) is 4.71. The third-order valence-electron chi connectivity index (χ3n) is 2.49. The first kappa shape index (κ1) is 11.5. The Morgan fingerprint density at radius 2 is 1.86 bits per heavy atom. The van der Waals surface area contributed by atoms with Crippen molar-refractivity contribution in [1.29, 1.82) is 0 Å². The second-order valence-electron chi connectivity index (χ2n) is 3.37. The molecule has 14 heavy (non-hydrogen) atoms. The monoisotopic (exact) mass is 214 g/mol. The maximum absolute atomic E-state index is 10.2. The minimum atomic E-state index is -0.931. The predicted molar refractivity (Wildman–Crippen MR) is 57.3 cm³/mol. The molecule has 2 nitrogen and oxygen atoms in total. The molecule has 3 heteroatoms. The normalized spacial score (nSPS) is 15.1. The number of halogens is 1. The van der Waals surface area contributed by atoms with Gasteiger partial charge in [-0.3, -0.25) is 0 Å². The van der Waals surface area contributed by atoms with Gasteiger partial charge in [0.05, 0.1) is 5.60 Å². The molecule has 1 aromatic rings. The van der Waals surface area contributed by atoms with E-state index in [0.717, 1.165) is 5.56 Å². The van der Waals surface area contributed by atoms with Crippen LogP contribution in [0.5, 0.6) is 0 Å². The molecule has 0 aliphatic rings. The lowest BCUT2D eigenvalue weighted by atomic mass is 9.88. The third kappa shape index (κ3) is 2.47. The number of benzene rings is 1. The zero-order valence-corrected chi connectivity index (χ0v) is 8.96. The van der Waals surface area contributed by atoms with E-state index < -0.39 is 5.60 Å². The van der Waals surface area contributed by atoms with Gasteiger partial charge in [-0.25, -0.2) is 0 Å². The van der Waals surface area contributed by atoms with E-state index in [-0.39, 0.29) is 6.61 Å². The van der Waals surface area contributed by atoms with Gasteiger partial charge in [0.25, 0.3) is 0 Å². The van der Waals surface area contributed by atoms with E-state index in [2.05, 4.69) is 0 Å². The van der Waals surface area contributed by atoms with Crippen LogP contribution in [0.25, 0.3) is 0 Å². The average molecular weight is 215 g/mol. The zero-order valence-electron chi connectivity index (χ0n) is 8.20. The summed E-state index contributed by atoms with van der Waals surface area (Å²) in [5.74, 6) is 0. The second kappa shape index (κ2) is 4.78. The van der Waals surface area contributed by atoms with Gasteiger partial charge in [0, 0.05) is 18.1 Å². The first-order valence-corrected chi connectivity index (χ1v) is 5.09. The van der Waals surface area contributed by atoms with Gasteiger partial charge in [-0.2, -0.15) is 0 Å². The van der Waals surface area contributed by atoms with Gasteiger partial charge in [-0.1, -0.05) is 30.7 Å². The summed E-state index contributed by atoms with van der Waals surface area (Å²) in [4.78, 5) is 0. The maximum atomic E-state index is 10.2. The van der Waals surface area contributed by atoms with Crippen molar-refractivity contribution in [2.45, 2.75) is 25.4 Å². The topological polar surface area (TPSA) is 40.5 Å². The summed E-state index contributed by atoms with van der Waals surface area (Å²) in [5, 5.41) is 19.7. The van der Waals surface area contributed by atoms with E-state index >= 15 is 0 Å². The molecule has 2 N–H and O–H groups in total. The van der Waals surface area contributed by atoms with Crippen LogP contribution in [0.15, 0.2) is 24.3 Å². The summed E-state index contributed by atoms with van der Waals surface area (Å²) in [6.45, 7) is 1.87. The summed E-state index contributed by atoms with van der Waals surface area (Å²) in [7, 11) is 0. The molecule has 0 aliphatic heterocycles. The fraction of sp³-hybridized carbons (Fsp3) is 0.455. The summed E-state index contributed by atoms with van der Waals surface area (Å²) < 4.78 is 0. The number of hydrogen-bond donors (Lipinski definition) is 2. The Labute approximate surface area is 89.1 Å². The van der Waals surface area contributed by atoms with Crippen LogP contribution in [-0.2, 0) is 5.60 Å². The summed E-state index contributed by atoms with van der Waals surface area (Å²) in [5.41, 5.74) is -0.127. The molecule has 1 rings (SSSR count). The van der Waals surface area contributed by atoms with Gasteiger partial charge in [-0.15, -0.1) is 0 Å². The van der Waals surface area contributed by atoms with Crippen molar-refractivity contribution in [1.82, 2.24) is 0 Å². The summed E-state index contributed by atoms with van der Waals surface area (Å²) >= 11 is 5.75. The summed E-state index contributed by atoms with van der Waals surface area (Å²) in [6, 6.07) is 7.08. The third-order valence-corrected chi connectivity index (χ3v) is 2.74. The van der Waals surface area contributed by atoms with Gasteiger partial charge < -0.3 is 10.2 Å². The Morgan fingerprint density at radius 3 is 2.29 bits per heavy atom. The maximum Gasteiger partial charge on any atom is 0.0915 e. The van der Waals surface area contributed by atoms with Crippen LogP contribution in [0.3, 0.4) is 0 Å². The highest BCUT2D eigenvalue weighted by Gasteiger charge is 2.25. The number of rotatable bonds is 4. The molecule has 0 saturated carbocycles. The number of hydrogen-bond acceptors (Lipinski definition) is 2. The van der Waals surface area contributed by atoms with Crippen LogP contribution in [0.4, 0.5) is 0 Å². The average Bonchev–Trinajstić information content (AvgIpc) is 2.19. The van der Waals surface area contributed by atoms with Crippen molar-refractivity contribution in [3.63, 3.8) is 0 Å². The van der Waals surface area contributed by atoms with E-state index in [1.54, 1.807) is 24.3 Å². The van der Waals surface area contributed by atoms with Crippen molar-refractivity contribution < 1.29 is 10.2 Å². The quantitative estimate of drug-likeness (QED) is 0.808. The Bertz CT molecular complexity index is 284.